The topological polar surface area (TPSA) is 129 Å². The summed E-state index contributed by atoms with van der Waals surface area (Å²) in [6, 6.07) is 4.49. The van der Waals surface area contributed by atoms with Crippen LogP contribution in [-0.4, -0.2) is 82.7 Å². The number of nitrogens with zero attached hydrogens (tertiary/aromatic N) is 4. The summed E-state index contributed by atoms with van der Waals surface area (Å²) < 4.78 is 48.7. The third-order valence-corrected chi connectivity index (χ3v) is 7.94. The van der Waals surface area contributed by atoms with Gasteiger partial charge in [0, 0.05) is 36.9 Å². The summed E-state index contributed by atoms with van der Waals surface area (Å²) in [7, 11) is 1.24. The molecular formula is C29H35F3N6O5S. The van der Waals surface area contributed by atoms with Gasteiger partial charge in [-0.05, 0) is 82.1 Å². The Hall–Kier alpha value is -3.98. The number of aromatic nitrogens is 2. The molecule has 2 aliphatic heterocycles. The molecule has 0 unspecified atom stereocenters. The number of nitrogens with one attached hydrogen (secondary N) is 2. The maximum absolute atomic E-state index is 13.1. The first-order valence-electron chi connectivity index (χ1n) is 14.1. The van der Waals surface area contributed by atoms with E-state index in [0.717, 1.165) is 25.0 Å². The van der Waals surface area contributed by atoms with E-state index in [4.69, 9.17) is 17.0 Å². The maximum atomic E-state index is 13.1. The third-order valence-electron chi connectivity index (χ3n) is 7.74. The van der Waals surface area contributed by atoms with Gasteiger partial charge in [-0.25, -0.2) is 9.97 Å². The number of likely N-dealkylation sites (tertiary alicyclic amines) is 1. The summed E-state index contributed by atoms with van der Waals surface area (Å²) in [5.41, 5.74) is 1.54. The minimum Gasteiger partial charge on any atom is -0.493 e. The van der Waals surface area contributed by atoms with Crippen LogP contribution in [0, 0.1) is 5.92 Å². The van der Waals surface area contributed by atoms with Crippen LogP contribution in [0.1, 0.15) is 55.6 Å². The van der Waals surface area contributed by atoms with E-state index in [2.05, 4.69) is 37.2 Å². The zero-order chi connectivity index (χ0) is 32.0. The Balaban J connectivity index is 1.50. The first-order chi connectivity index (χ1) is 20.8. The highest BCUT2D eigenvalue weighted by molar-refractivity contribution is 7.80. The number of carboxylic acids is 1. The Morgan fingerprint density at radius 1 is 1.09 bits per heavy atom. The Kier molecular flexibility index (Phi) is 10.6. The highest BCUT2D eigenvalue weighted by atomic mass is 32.1. The quantitative estimate of drug-likeness (QED) is 0.343. The molecule has 1 atom stereocenters. The molecule has 15 heteroatoms. The Morgan fingerprint density at radius 3 is 2.39 bits per heavy atom. The minimum atomic E-state index is -4.93. The number of ether oxygens (including phenoxy) is 2. The van der Waals surface area contributed by atoms with Gasteiger partial charge in [0.15, 0.2) is 16.6 Å². The summed E-state index contributed by atoms with van der Waals surface area (Å²) in [6.07, 6.45) is 0.871. The van der Waals surface area contributed by atoms with Gasteiger partial charge in [0.2, 0.25) is 0 Å². The number of alkyl halides is 3. The molecular weight excluding hydrogens is 601 g/mol. The van der Waals surface area contributed by atoms with Crippen LogP contribution in [0.2, 0.25) is 0 Å². The summed E-state index contributed by atoms with van der Waals surface area (Å²) in [5, 5.41) is 14.7. The van der Waals surface area contributed by atoms with E-state index in [1.807, 2.05) is 11.8 Å². The van der Waals surface area contributed by atoms with Crippen molar-refractivity contribution in [2.45, 2.75) is 51.9 Å². The van der Waals surface area contributed by atoms with E-state index in [1.54, 1.807) is 6.07 Å². The van der Waals surface area contributed by atoms with Crippen molar-refractivity contribution in [3.63, 3.8) is 0 Å². The molecule has 0 aliphatic carbocycles. The van der Waals surface area contributed by atoms with Gasteiger partial charge in [-0.2, -0.15) is 0 Å². The van der Waals surface area contributed by atoms with Crippen LogP contribution in [0.15, 0.2) is 36.2 Å². The molecule has 2 saturated heterocycles. The van der Waals surface area contributed by atoms with Crippen LogP contribution in [0.25, 0.3) is 5.70 Å². The van der Waals surface area contributed by atoms with Crippen LogP contribution in [-0.2, 0) is 4.79 Å². The number of aliphatic carboxylic acids is 1. The zero-order valence-electron chi connectivity index (χ0n) is 24.6. The Morgan fingerprint density at radius 2 is 1.82 bits per heavy atom. The van der Waals surface area contributed by atoms with Crippen molar-refractivity contribution in [3.05, 3.63) is 47.4 Å². The van der Waals surface area contributed by atoms with E-state index in [0.29, 0.717) is 55.6 Å². The average molecular weight is 637 g/mol. The summed E-state index contributed by atoms with van der Waals surface area (Å²) >= 11 is 5.43. The predicted octanol–water partition coefficient (Wildman–Crippen LogP) is 4.20. The van der Waals surface area contributed by atoms with Gasteiger partial charge in [-0.3, -0.25) is 19.8 Å². The van der Waals surface area contributed by atoms with Gasteiger partial charge in [0.1, 0.15) is 11.5 Å². The van der Waals surface area contributed by atoms with Gasteiger partial charge in [-0.15, -0.1) is 13.2 Å². The van der Waals surface area contributed by atoms with E-state index in [9.17, 15) is 27.9 Å². The number of carbonyl (C=O) groups is 2. The van der Waals surface area contributed by atoms with Crippen molar-refractivity contribution >= 4 is 40.7 Å². The third kappa shape index (κ3) is 8.56. The van der Waals surface area contributed by atoms with Crippen molar-refractivity contribution in [2.75, 3.05) is 38.2 Å². The molecule has 4 rings (SSSR count). The second-order valence-corrected chi connectivity index (χ2v) is 11.2. The number of halogens is 3. The van der Waals surface area contributed by atoms with Crippen molar-refractivity contribution in [1.29, 1.82) is 0 Å². The molecule has 44 heavy (non-hydrogen) atoms. The maximum Gasteiger partial charge on any atom is 0.573 e. The molecule has 3 N–H and O–H groups in total. The summed E-state index contributed by atoms with van der Waals surface area (Å²) in [6.45, 7) is 6.39. The number of hydrogen-bond acceptors (Lipinski definition) is 9. The molecule has 2 aliphatic rings. The fraction of sp³-hybridized carbons (Fsp3) is 0.483. The summed E-state index contributed by atoms with van der Waals surface area (Å²) in [4.78, 5) is 36.9. The van der Waals surface area contributed by atoms with Crippen molar-refractivity contribution in [2.24, 2.45) is 5.92 Å². The lowest BCUT2D eigenvalue weighted by molar-refractivity contribution is -0.275. The number of amides is 1. The molecule has 2 fully saturated rings. The minimum absolute atomic E-state index is 0.00299. The molecule has 238 valence electrons. The number of anilines is 1. The largest absolute Gasteiger partial charge is 0.573 e. The SMILES string of the molecule is COc1ccc(/C(NC(=S)NC(=O)c2cnc(N3CCC(C(=O)O)CC3)cn2)=C(/C)CN2CCC[C@H]2C)cc1OC(F)(F)F. The monoisotopic (exact) mass is 636 g/mol. The van der Waals surface area contributed by atoms with E-state index < -0.39 is 24.0 Å². The lowest BCUT2D eigenvalue weighted by atomic mass is 9.97. The van der Waals surface area contributed by atoms with E-state index in [-0.39, 0.29) is 22.5 Å². The van der Waals surface area contributed by atoms with E-state index in [1.165, 1.54) is 31.6 Å². The second-order valence-electron chi connectivity index (χ2n) is 10.8. The standard InChI is InChI=1S/C29H35F3N6O5S/c1-17(16-38-10-4-5-18(38)2)25(20-6-7-22(42-3)23(13-20)43-29(30,31)32)35-28(44)36-26(39)21-14-34-24(15-33-21)37-11-8-19(9-12-37)27(40)41/h6-7,13-15,18-19H,4-5,8-12,16H2,1-3H3,(H,40,41)(H2,35,36,39,44)/b25-17+/t18-/m1/s1. The average Bonchev–Trinajstić information content (AvgIpc) is 3.38. The Bertz CT molecular complexity index is 1400. The Labute approximate surface area is 258 Å². The van der Waals surface area contributed by atoms with Gasteiger partial charge in [0.25, 0.3) is 5.91 Å². The normalized spacial score (nSPS) is 18.4. The first-order valence-corrected chi connectivity index (χ1v) is 14.6. The summed E-state index contributed by atoms with van der Waals surface area (Å²) in [5.74, 6) is -1.92. The van der Waals surface area contributed by atoms with Crippen LogP contribution < -0.4 is 25.0 Å². The molecule has 11 nitrogen and oxygen atoms in total. The molecule has 1 amide bonds. The lowest BCUT2D eigenvalue weighted by Crippen LogP contribution is -2.40. The van der Waals surface area contributed by atoms with Gasteiger partial charge in [0.05, 0.1) is 25.4 Å². The number of rotatable bonds is 9. The fourth-order valence-corrected chi connectivity index (χ4v) is 5.54. The van der Waals surface area contributed by atoms with Crippen molar-refractivity contribution in [3.8, 4) is 11.5 Å². The number of carboxylic acid groups (broad SMARTS) is 1. The van der Waals surface area contributed by atoms with E-state index >= 15 is 0 Å². The molecule has 1 aromatic heterocycles. The van der Waals surface area contributed by atoms with Gasteiger partial charge >= 0.3 is 12.3 Å². The molecule has 2 aromatic rings. The number of piperidine rings is 1. The smallest absolute Gasteiger partial charge is 0.493 e. The molecule has 3 heterocycles. The molecule has 0 spiro atoms. The molecule has 0 saturated carbocycles. The lowest BCUT2D eigenvalue weighted by Gasteiger charge is -2.30. The van der Waals surface area contributed by atoms with Gasteiger partial charge in [-0.1, -0.05) is 0 Å². The predicted molar refractivity (Wildman–Crippen MR) is 160 cm³/mol. The van der Waals surface area contributed by atoms with Gasteiger partial charge < -0.3 is 24.8 Å². The first kappa shape index (κ1) is 32.9. The molecule has 0 bridgehead atoms. The number of carbonyl (C=O) groups excluding carboxylic acids is 1. The fourth-order valence-electron chi connectivity index (χ4n) is 5.34. The number of thiocarbonyl (C=S) groups is 1. The number of hydrogen-bond donors (Lipinski definition) is 3. The zero-order valence-corrected chi connectivity index (χ0v) is 25.4. The van der Waals surface area contributed by atoms with Crippen molar-refractivity contribution < 1.29 is 37.3 Å². The highest BCUT2D eigenvalue weighted by Gasteiger charge is 2.33. The van der Waals surface area contributed by atoms with Crippen LogP contribution in [0.3, 0.4) is 0 Å². The van der Waals surface area contributed by atoms with Crippen molar-refractivity contribution in [1.82, 2.24) is 25.5 Å². The second kappa shape index (κ2) is 14.2. The highest BCUT2D eigenvalue weighted by Crippen LogP contribution is 2.35. The van der Waals surface area contributed by atoms with Crippen LogP contribution in [0.5, 0.6) is 11.5 Å². The molecule has 0 radical (unpaired) electrons. The van der Waals surface area contributed by atoms with Crippen LogP contribution in [0.4, 0.5) is 19.0 Å². The molecule has 1 aromatic carbocycles. The number of methoxy groups -OCH3 is 1. The van der Waals surface area contributed by atoms with Crippen LogP contribution >= 0.6 is 12.2 Å². The number of benzene rings is 1.